The lowest BCUT2D eigenvalue weighted by Crippen LogP contribution is -2.50. The fourth-order valence-corrected chi connectivity index (χ4v) is 2.32. The van der Waals surface area contributed by atoms with E-state index in [0.717, 1.165) is 25.9 Å². The molecule has 1 fully saturated rings. The van der Waals surface area contributed by atoms with Crippen LogP contribution >= 0.6 is 0 Å². The topological polar surface area (TPSA) is 60.9 Å². The van der Waals surface area contributed by atoms with Crippen molar-refractivity contribution in [2.45, 2.75) is 38.6 Å². The van der Waals surface area contributed by atoms with Crippen molar-refractivity contribution in [3.63, 3.8) is 0 Å². The maximum Gasteiger partial charge on any atom is 0.305 e. The molecule has 0 aromatic carbocycles. The first-order valence-electron chi connectivity index (χ1n) is 6.42. The summed E-state index contributed by atoms with van der Waals surface area (Å²) in [6.45, 7) is 5.47. The highest BCUT2D eigenvalue weighted by Crippen LogP contribution is 2.24. The van der Waals surface area contributed by atoms with Gasteiger partial charge in [-0.25, -0.2) is 0 Å². The van der Waals surface area contributed by atoms with Gasteiger partial charge in [0.05, 0.1) is 6.42 Å². The van der Waals surface area contributed by atoms with Crippen LogP contribution in [0, 0.1) is 5.92 Å². The third-order valence-corrected chi connectivity index (χ3v) is 3.89. The van der Waals surface area contributed by atoms with Gasteiger partial charge in [-0.05, 0) is 46.8 Å². The molecule has 0 unspecified atom stereocenters. The van der Waals surface area contributed by atoms with Crippen LogP contribution in [0.2, 0.25) is 0 Å². The van der Waals surface area contributed by atoms with Gasteiger partial charge < -0.3 is 14.9 Å². The monoisotopic (exact) mass is 256 g/mol. The van der Waals surface area contributed by atoms with Gasteiger partial charge in [0.25, 0.3) is 0 Å². The number of hydrogen-bond donors (Lipinski definition) is 1. The standard InChI is InChI=1S/C13H24N2O3/c1-13(2,9-11(16)17)15(4)12(18)10-5-7-14(3)8-6-10/h10H,5-9H2,1-4H3,(H,16,17). The summed E-state index contributed by atoms with van der Waals surface area (Å²) in [7, 11) is 3.77. The Morgan fingerprint density at radius 2 is 1.83 bits per heavy atom. The van der Waals surface area contributed by atoms with Crippen molar-refractivity contribution in [3.8, 4) is 0 Å². The molecule has 0 aromatic heterocycles. The number of likely N-dealkylation sites (tertiary alicyclic amines) is 1. The van der Waals surface area contributed by atoms with Crippen molar-refractivity contribution >= 4 is 11.9 Å². The summed E-state index contributed by atoms with van der Waals surface area (Å²) >= 11 is 0. The molecule has 104 valence electrons. The number of amides is 1. The Balaban J connectivity index is 2.62. The van der Waals surface area contributed by atoms with E-state index < -0.39 is 11.5 Å². The summed E-state index contributed by atoms with van der Waals surface area (Å²) in [6.07, 6.45) is 1.70. The van der Waals surface area contributed by atoms with E-state index >= 15 is 0 Å². The van der Waals surface area contributed by atoms with Crippen molar-refractivity contribution in [2.75, 3.05) is 27.2 Å². The Kier molecular flexibility index (Phi) is 4.73. The number of nitrogens with zero attached hydrogens (tertiary/aromatic N) is 2. The second-order valence-electron chi connectivity index (χ2n) is 5.86. The molecule has 0 radical (unpaired) electrons. The fourth-order valence-electron chi connectivity index (χ4n) is 2.32. The Labute approximate surface area is 109 Å². The van der Waals surface area contributed by atoms with E-state index in [1.807, 2.05) is 0 Å². The predicted octanol–water partition coefficient (Wildman–Crippen LogP) is 1.04. The van der Waals surface area contributed by atoms with Gasteiger partial charge in [0.1, 0.15) is 0 Å². The molecular weight excluding hydrogens is 232 g/mol. The zero-order valence-electron chi connectivity index (χ0n) is 11.8. The van der Waals surface area contributed by atoms with Crippen molar-refractivity contribution in [1.29, 1.82) is 0 Å². The van der Waals surface area contributed by atoms with Crippen LogP contribution in [-0.4, -0.2) is 59.5 Å². The molecule has 0 bridgehead atoms. The highest BCUT2D eigenvalue weighted by Gasteiger charge is 2.34. The largest absolute Gasteiger partial charge is 0.481 e. The molecule has 1 saturated heterocycles. The van der Waals surface area contributed by atoms with Gasteiger partial charge in [0.2, 0.25) is 5.91 Å². The Bertz CT molecular complexity index is 320. The quantitative estimate of drug-likeness (QED) is 0.816. The van der Waals surface area contributed by atoms with Gasteiger partial charge in [-0.15, -0.1) is 0 Å². The molecule has 0 saturated carbocycles. The van der Waals surface area contributed by atoms with Crippen LogP contribution in [0.3, 0.4) is 0 Å². The van der Waals surface area contributed by atoms with Crippen LogP contribution in [0.15, 0.2) is 0 Å². The molecule has 18 heavy (non-hydrogen) atoms. The molecule has 1 rings (SSSR count). The first-order valence-corrected chi connectivity index (χ1v) is 6.42. The van der Waals surface area contributed by atoms with Crippen LogP contribution in [0.4, 0.5) is 0 Å². The lowest BCUT2D eigenvalue weighted by molar-refractivity contribution is -0.145. The van der Waals surface area contributed by atoms with Crippen molar-refractivity contribution in [1.82, 2.24) is 9.80 Å². The van der Waals surface area contributed by atoms with E-state index in [4.69, 9.17) is 5.11 Å². The lowest BCUT2D eigenvalue weighted by atomic mass is 9.92. The summed E-state index contributed by atoms with van der Waals surface area (Å²) in [5.41, 5.74) is -0.633. The summed E-state index contributed by atoms with van der Waals surface area (Å²) in [5, 5.41) is 8.88. The highest BCUT2D eigenvalue weighted by atomic mass is 16.4. The van der Waals surface area contributed by atoms with Crippen molar-refractivity contribution in [2.24, 2.45) is 5.92 Å². The van der Waals surface area contributed by atoms with E-state index in [-0.39, 0.29) is 18.2 Å². The predicted molar refractivity (Wildman–Crippen MR) is 69.3 cm³/mol. The molecule has 1 amide bonds. The molecule has 0 aromatic rings. The SMILES string of the molecule is CN1CCC(C(=O)N(C)C(C)(C)CC(=O)O)CC1. The Morgan fingerprint density at radius 1 is 1.33 bits per heavy atom. The van der Waals surface area contributed by atoms with Crippen LogP contribution < -0.4 is 0 Å². The number of carboxylic acids is 1. The minimum absolute atomic E-state index is 0.0259. The number of aliphatic carboxylic acids is 1. The minimum Gasteiger partial charge on any atom is -0.481 e. The molecule has 0 spiro atoms. The molecular formula is C13H24N2O3. The van der Waals surface area contributed by atoms with Gasteiger partial charge in [0.15, 0.2) is 0 Å². The third-order valence-electron chi connectivity index (χ3n) is 3.89. The lowest BCUT2D eigenvalue weighted by Gasteiger charge is -2.38. The number of piperidine rings is 1. The van der Waals surface area contributed by atoms with E-state index in [1.54, 1.807) is 25.8 Å². The van der Waals surface area contributed by atoms with Crippen molar-refractivity contribution in [3.05, 3.63) is 0 Å². The van der Waals surface area contributed by atoms with Crippen LogP contribution in [0.5, 0.6) is 0 Å². The molecule has 1 N–H and O–H groups in total. The van der Waals surface area contributed by atoms with E-state index in [1.165, 1.54) is 0 Å². The zero-order valence-corrected chi connectivity index (χ0v) is 11.8. The summed E-state index contributed by atoms with van der Waals surface area (Å²) in [6, 6.07) is 0. The van der Waals surface area contributed by atoms with Crippen molar-refractivity contribution < 1.29 is 14.7 Å². The molecule has 5 nitrogen and oxygen atoms in total. The molecule has 0 aliphatic carbocycles. The van der Waals surface area contributed by atoms with Crippen LogP contribution in [0.25, 0.3) is 0 Å². The van der Waals surface area contributed by atoms with E-state index in [9.17, 15) is 9.59 Å². The number of hydrogen-bond acceptors (Lipinski definition) is 3. The first-order chi connectivity index (χ1) is 8.24. The molecule has 1 aliphatic heterocycles. The number of carboxylic acid groups (broad SMARTS) is 1. The summed E-state index contributed by atoms with van der Waals surface area (Å²) < 4.78 is 0. The van der Waals surface area contributed by atoms with Gasteiger partial charge >= 0.3 is 5.97 Å². The van der Waals surface area contributed by atoms with Crippen LogP contribution in [0.1, 0.15) is 33.1 Å². The fraction of sp³-hybridized carbons (Fsp3) is 0.846. The number of carbonyl (C=O) groups is 2. The second-order valence-corrected chi connectivity index (χ2v) is 5.86. The van der Waals surface area contributed by atoms with Gasteiger partial charge in [-0.1, -0.05) is 0 Å². The Hall–Kier alpha value is -1.10. The maximum absolute atomic E-state index is 12.3. The Morgan fingerprint density at radius 3 is 2.28 bits per heavy atom. The molecule has 0 atom stereocenters. The van der Waals surface area contributed by atoms with Crippen LogP contribution in [-0.2, 0) is 9.59 Å². The zero-order chi connectivity index (χ0) is 13.9. The first kappa shape index (κ1) is 15.0. The average Bonchev–Trinajstić information content (AvgIpc) is 2.26. The molecule has 1 heterocycles. The maximum atomic E-state index is 12.3. The smallest absolute Gasteiger partial charge is 0.305 e. The average molecular weight is 256 g/mol. The number of carbonyl (C=O) groups excluding carboxylic acids is 1. The number of rotatable bonds is 4. The summed E-state index contributed by atoms with van der Waals surface area (Å²) in [4.78, 5) is 27.0. The van der Waals surface area contributed by atoms with Gasteiger partial charge in [0, 0.05) is 18.5 Å². The third kappa shape index (κ3) is 3.70. The molecule has 5 heteroatoms. The van der Waals surface area contributed by atoms with E-state index in [2.05, 4.69) is 11.9 Å². The second kappa shape index (κ2) is 5.69. The molecule has 1 aliphatic rings. The summed E-state index contributed by atoms with van der Waals surface area (Å²) in [5.74, 6) is -0.753. The minimum atomic E-state index is -0.872. The van der Waals surface area contributed by atoms with E-state index in [0.29, 0.717) is 0 Å². The highest BCUT2D eigenvalue weighted by molar-refractivity contribution is 5.80. The normalized spacial score (nSPS) is 18.7. The van der Waals surface area contributed by atoms with Gasteiger partial charge in [-0.3, -0.25) is 9.59 Å². The van der Waals surface area contributed by atoms with Gasteiger partial charge in [-0.2, -0.15) is 0 Å².